The van der Waals surface area contributed by atoms with Crippen molar-refractivity contribution in [1.82, 2.24) is 14.9 Å². The van der Waals surface area contributed by atoms with Crippen LogP contribution >= 0.6 is 11.3 Å². The van der Waals surface area contributed by atoms with Gasteiger partial charge in [-0.1, -0.05) is 6.07 Å². The Bertz CT molecular complexity index is 1080. The van der Waals surface area contributed by atoms with E-state index in [2.05, 4.69) is 33.9 Å². The molecule has 0 radical (unpaired) electrons. The van der Waals surface area contributed by atoms with Gasteiger partial charge in [-0.15, -0.1) is 11.3 Å². The minimum Gasteiger partial charge on any atom is -0.492 e. The fraction of sp³-hybridized carbons (Fsp3) is 0.435. The summed E-state index contributed by atoms with van der Waals surface area (Å²) in [4.78, 5) is 27.6. The van der Waals surface area contributed by atoms with Crippen LogP contribution in [0.15, 0.2) is 35.8 Å². The molecule has 9 heteroatoms. The number of nitrogens with zero attached hydrogens (tertiary/aromatic N) is 4. The molecule has 1 fully saturated rings. The zero-order valence-electron chi connectivity index (χ0n) is 18.7. The molecule has 0 saturated carbocycles. The van der Waals surface area contributed by atoms with Crippen molar-refractivity contribution >= 4 is 39.1 Å². The summed E-state index contributed by atoms with van der Waals surface area (Å²) in [6, 6.07) is 8.10. The van der Waals surface area contributed by atoms with E-state index in [1.165, 1.54) is 0 Å². The Morgan fingerprint density at radius 1 is 1.28 bits per heavy atom. The Morgan fingerprint density at radius 2 is 2.06 bits per heavy atom. The number of ether oxygens (including phenoxy) is 1. The average molecular weight is 455 g/mol. The van der Waals surface area contributed by atoms with E-state index < -0.39 is 0 Å². The number of aryl methyl sites for hydroxylation is 1. The maximum absolute atomic E-state index is 12.8. The molecule has 3 aromatic rings. The maximum atomic E-state index is 12.8. The molecule has 0 unspecified atom stereocenters. The largest absolute Gasteiger partial charge is 0.492 e. The fourth-order valence-electron chi connectivity index (χ4n) is 4.22. The van der Waals surface area contributed by atoms with E-state index >= 15 is 0 Å². The first-order valence-corrected chi connectivity index (χ1v) is 11.8. The number of rotatable bonds is 7. The van der Waals surface area contributed by atoms with Crippen molar-refractivity contribution in [2.75, 3.05) is 43.0 Å². The molecule has 1 saturated heterocycles. The van der Waals surface area contributed by atoms with Gasteiger partial charge >= 0.3 is 0 Å². The first kappa shape index (κ1) is 22.4. The molecule has 170 valence electrons. The lowest BCUT2D eigenvalue weighted by Crippen LogP contribution is -2.58. The van der Waals surface area contributed by atoms with Gasteiger partial charge in [0.15, 0.2) is 0 Å². The molecule has 1 amide bonds. The normalized spacial score (nSPS) is 19.3. The molecule has 3 N–H and O–H groups in total. The predicted octanol–water partition coefficient (Wildman–Crippen LogP) is 2.87. The quantitative estimate of drug-likeness (QED) is 0.567. The topological polar surface area (TPSA) is 96.6 Å². The van der Waals surface area contributed by atoms with Gasteiger partial charge < -0.3 is 20.7 Å². The van der Waals surface area contributed by atoms with Gasteiger partial charge in [-0.2, -0.15) is 0 Å². The van der Waals surface area contributed by atoms with Gasteiger partial charge in [0.1, 0.15) is 17.2 Å². The highest BCUT2D eigenvalue weighted by Crippen LogP contribution is 2.26. The number of aromatic nitrogens is 2. The number of carbonyl (C=O) groups is 1. The number of thiophene rings is 1. The summed E-state index contributed by atoms with van der Waals surface area (Å²) in [5.41, 5.74) is 7.26. The summed E-state index contributed by atoms with van der Waals surface area (Å²) in [5, 5.41) is 6.14. The minimum absolute atomic E-state index is 0.0341. The van der Waals surface area contributed by atoms with E-state index in [0.717, 1.165) is 40.5 Å². The number of fused-ring (bicyclic) bond motifs is 1. The van der Waals surface area contributed by atoms with Crippen LogP contribution in [-0.2, 0) is 4.79 Å². The Labute approximate surface area is 192 Å². The molecule has 0 bridgehead atoms. The molecule has 0 aliphatic carbocycles. The Morgan fingerprint density at radius 3 is 2.81 bits per heavy atom. The van der Waals surface area contributed by atoms with Gasteiger partial charge in [0.2, 0.25) is 11.9 Å². The van der Waals surface area contributed by atoms with Crippen LogP contribution in [0, 0.1) is 6.92 Å². The smallest absolute Gasteiger partial charge is 0.238 e. The molecule has 8 nitrogen and oxygen atoms in total. The Hall–Kier alpha value is -2.75. The molecule has 0 spiro atoms. The molecule has 2 aromatic heterocycles. The molecule has 3 heterocycles. The number of hydrogen-bond acceptors (Lipinski definition) is 8. The number of amides is 1. The highest BCUT2D eigenvalue weighted by Gasteiger charge is 2.32. The molecule has 32 heavy (non-hydrogen) atoms. The first-order chi connectivity index (χ1) is 15.4. The van der Waals surface area contributed by atoms with Gasteiger partial charge in [0, 0.05) is 55.1 Å². The highest BCUT2D eigenvalue weighted by atomic mass is 32.1. The van der Waals surface area contributed by atoms with Crippen LogP contribution in [0.4, 0.5) is 11.6 Å². The predicted molar refractivity (Wildman–Crippen MR) is 130 cm³/mol. The van der Waals surface area contributed by atoms with Gasteiger partial charge in [-0.3, -0.25) is 9.69 Å². The number of carbonyl (C=O) groups excluding carboxylic acids is 1. The molecule has 1 aromatic carbocycles. The van der Waals surface area contributed by atoms with E-state index in [9.17, 15) is 4.79 Å². The van der Waals surface area contributed by atoms with Gasteiger partial charge in [0.25, 0.3) is 0 Å². The Balaban J connectivity index is 1.38. The summed E-state index contributed by atoms with van der Waals surface area (Å²) < 4.78 is 5.58. The zero-order valence-corrected chi connectivity index (χ0v) is 19.6. The van der Waals surface area contributed by atoms with Crippen molar-refractivity contribution in [3.63, 3.8) is 0 Å². The van der Waals surface area contributed by atoms with E-state index in [1.807, 2.05) is 42.8 Å². The van der Waals surface area contributed by atoms with E-state index in [-0.39, 0.29) is 18.0 Å². The van der Waals surface area contributed by atoms with Crippen LogP contribution in [0.25, 0.3) is 10.2 Å². The maximum Gasteiger partial charge on any atom is 0.238 e. The van der Waals surface area contributed by atoms with Crippen LogP contribution in [-0.4, -0.2) is 65.6 Å². The third kappa shape index (κ3) is 5.01. The second-order valence-electron chi connectivity index (χ2n) is 8.31. The average Bonchev–Trinajstić information content (AvgIpc) is 3.22. The minimum atomic E-state index is -0.0341. The van der Waals surface area contributed by atoms with Crippen molar-refractivity contribution in [3.05, 3.63) is 41.4 Å². The van der Waals surface area contributed by atoms with Crippen LogP contribution in [0.3, 0.4) is 0 Å². The van der Waals surface area contributed by atoms with Crippen molar-refractivity contribution in [2.45, 2.75) is 32.9 Å². The number of anilines is 2. The van der Waals surface area contributed by atoms with Crippen LogP contribution in [0.5, 0.6) is 5.75 Å². The standard InChI is InChI=1S/C23H30N6O2S/c1-15-4-5-19(31-8-7-24)10-20(15)26-21(30)14-28-12-16(2)29(17(3)13-28)23-25-11-18-6-9-32-22(18)27-23/h4-6,9-11,16-17H,7-8,12-14,24H2,1-3H3,(H,26,30)/t16-,17+. The molecular formula is C23H30N6O2S. The number of piperazine rings is 1. The van der Waals surface area contributed by atoms with Crippen molar-refractivity contribution in [1.29, 1.82) is 0 Å². The lowest BCUT2D eigenvalue weighted by atomic mass is 10.1. The fourth-order valence-corrected chi connectivity index (χ4v) is 4.96. The third-order valence-corrected chi connectivity index (χ3v) is 6.48. The first-order valence-electron chi connectivity index (χ1n) is 10.9. The molecular weight excluding hydrogens is 424 g/mol. The second-order valence-corrected chi connectivity index (χ2v) is 9.21. The summed E-state index contributed by atoms with van der Waals surface area (Å²) in [6.45, 7) is 9.04. The number of nitrogens with two attached hydrogens (primary N) is 1. The van der Waals surface area contributed by atoms with E-state index in [0.29, 0.717) is 25.4 Å². The van der Waals surface area contributed by atoms with Crippen molar-refractivity contribution < 1.29 is 9.53 Å². The number of hydrogen-bond donors (Lipinski definition) is 2. The summed E-state index contributed by atoms with van der Waals surface area (Å²) in [7, 11) is 0. The lowest BCUT2D eigenvalue weighted by Gasteiger charge is -2.44. The number of benzene rings is 1. The Kier molecular flexibility index (Phi) is 6.88. The monoisotopic (exact) mass is 454 g/mol. The third-order valence-electron chi connectivity index (χ3n) is 5.66. The molecule has 2 atom stereocenters. The van der Waals surface area contributed by atoms with Crippen LogP contribution < -0.4 is 20.7 Å². The highest BCUT2D eigenvalue weighted by molar-refractivity contribution is 7.16. The lowest BCUT2D eigenvalue weighted by molar-refractivity contribution is -0.117. The van der Waals surface area contributed by atoms with Crippen LogP contribution in [0.1, 0.15) is 19.4 Å². The van der Waals surface area contributed by atoms with E-state index in [1.54, 1.807) is 11.3 Å². The number of nitrogens with one attached hydrogen (secondary N) is 1. The SMILES string of the molecule is Cc1ccc(OCCN)cc1NC(=O)CN1C[C@@H](C)N(c2ncc3ccsc3n2)[C@@H](C)C1. The van der Waals surface area contributed by atoms with Gasteiger partial charge in [-0.05, 0) is 43.8 Å². The van der Waals surface area contributed by atoms with Gasteiger partial charge in [-0.25, -0.2) is 9.97 Å². The second kappa shape index (κ2) is 9.81. The van der Waals surface area contributed by atoms with Crippen molar-refractivity contribution in [3.8, 4) is 5.75 Å². The zero-order chi connectivity index (χ0) is 22.7. The van der Waals surface area contributed by atoms with Crippen LogP contribution in [0.2, 0.25) is 0 Å². The molecule has 1 aliphatic rings. The summed E-state index contributed by atoms with van der Waals surface area (Å²) in [6.07, 6.45) is 1.89. The molecule has 1 aliphatic heterocycles. The summed E-state index contributed by atoms with van der Waals surface area (Å²) in [5.74, 6) is 1.43. The molecule has 4 rings (SSSR count). The van der Waals surface area contributed by atoms with Crippen molar-refractivity contribution in [2.24, 2.45) is 5.73 Å². The summed E-state index contributed by atoms with van der Waals surface area (Å²) >= 11 is 1.63. The van der Waals surface area contributed by atoms with Gasteiger partial charge in [0.05, 0.1) is 6.54 Å². The van der Waals surface area contributed by atoms with E-state index in [4.69, 9.17) is 15.5 Å².